The molecule has 0 aromatic rings. The van der Waals surface area contributed by atoms with Crippen LogP contribution >= 0.6 is 0 Å². The number of hydrogen-bond acceptors (Lipinski definition) is 4. The minimum Gasteiger partial charge on any atom is -0.479 e. The van der Waals surface area contributed by atoms with Crippen LogP contribution in [0.2, 0.25) is 0 Å². The second kappa shape index (κ2) is 8.39. The van der Waals surface area contributed by atoms with Crippen molar-refractivity contribution in [1.29, 1.82) is 0 Å². The van der Waals surface area contributed by atoms with Crippen molar-refractivity contribution in [3.63, 3.8) is 0 Å². The van der Waals surface area contributed by atoms with Crippen molar-refractivity contribution in [3.05, 3.63) is 11.6 Å². The Labute approximate surface area is 193 Å². The van der Waals surface area contributed by atoms with Gasteiger partial charge in [0.25, 0.3) is 0 Å². The lowest BCUT2D eigenvalue weighted by Crippen LogP contribution is -2.54. The van der Waals surface area contributed by atoms with Gasteiger partial charge in [-0.2, -0.15) is 0 Å². The number of aliphatic carboxylic acids is 1. The quantitative estimate of drug-likeness (QED) is 0.447. The number of carboxylic acid groups (broad SMARTS) is 1. The van der Waals surface area contributed by atoms with Gasteiger partial charge in [-0.05, 0) is 105 Å². The number of aliphatic hydroxyl groups is 3. The molecule has 0 bridgehead atoms. The average Bonchev–Trinajstić information content (AvgIpc) is 3.06. The second-order valence-corrected chi connectivity index (χ2v) is 12.5. The average molecular weight is 449 g/mol. The zero-order valence-electron chi connectivity index (χ0n) is 20.4. The summed E-state index contributed by atoms with van der Waals surface area (Å²) in [4.78, 5) is 11.2. The van der Waals surface area contributed by atoms with Gasteiger partial charge in [0, 0.05) is 0 Å². The summed E-state index contributed by atoms with van der Waals surface area (Å²) in [5.74, 6) is 1.26. The summed E-state index contributed by atoms with van der Waals surface area (Å²) in [6.07, 6.45) is 10.7. The van der Waals surface area contributed by atoms with Gasteiger partial charge in [-0.25, -0.2) is 4.79 Å². The summed E-state index contributed by atoms with van der Waals surface area (Å²) < 4.78 is 0. The number of aliphatic hydroxyl groups excluding tert-OH is 2. The van der Waals surface area contributed by atoms with Crippen LogP contribution in [0.3, 0.4) is 0 Å². The van der Waals surface area contributed by atoms with Crippen LogP contribution in [0.5, 0.6) is 0 Å². The van der Waals surface area contributed by atoms with Crippen LogP contribution in [0.4, 0.5) is 0 Å². The predicted molar refractivity (Wildman–Crippen MR) is 124 cm³/mol. The van der Waals surface area contributed by atoms with E-state index in [2.05, 4.69) is 26.8 Å². The normalized spacial score (nSPS) is 46.3. The van der Waals surface area contributed by atoms with Gasteiger partial charge < -0.3 is 20.4 Å². The molecule has 5 heteroatoms. The smallest absolute Gasteiger partial charge is 0.335 e. The molecule has 0 aromatic heterocycles. The predicted octanol–water partition coefficient (Wildman–Crippen LogP) is 4.54. The van der Waals surface area contributed by atoms with Gasteiger partial charge >= 0.3 is 5.97 Å². The van der Waals surface area contributed by atoms with E-state index in [0.29, 0.717) is 36.0 Å². The van der Waals surface area contributed by atoms with E-state index in [1.807, 2.05) is 0 Å². The topological polar surface area (TPSA) is 98.0 Å². The highest BCUT2D eigenvalue weighted by atomic mass is 16.4. The van der Waals surface area contributed by atoms with Crippen LogP contribution in [0.15, 0.2) is 11.6 Å². The van der Waals surface area contributed by atoms with Gasteiger partial charge in [0.05, 0.1) is 12.2 Å². The first-order chi connectivity index (χ1) is 14.9. The number of carboxylic acids is 1. The minimum absolute atomic E-state index is 0.122. The SMILES string of the molecule is CC(CCC[C@](C)(O)C(=O)O)C1CCC2C3C(O)C=C4C[C@@H](O)CCC4(C)C3CCC12C. The molecular weight excluding hydrogens is 404 g/mol. The molecule has 10 atom stereocenters. The molecule has 0 heterocycles. The van der Waals surface area contributed by atoms with Crippen LogP contribution in [0.25, 0.3) is 0 Å². The molecule has 0 amide bonds. The Morgan fingerprint density at radius 2 is 1.88 bits per heavy atom. The third kappa shape index (κ3) is 3.86. The fourth-order valence-electron chi connectivity index (χ4n) is 8.68. The molecule has 4 aliphatic rings. The molecule has 0 radical (unpaired) electrons. The molecule has 3 fully saturated rings. The Kier molecular flexibility index (Phi) is 6.35. The van der Waals surface area contributed by atoms with Crippen molar-refractivity contribution in [2.45, 2.75) is 110 Å². The molecular formula is C27H44O5. The maximum atomic E-state index is 11.3. The minimum atomic E-state index is -1.64. The van der Waals surface area contributed by atoms with Gasteiger partial charge in [0.1, 0.15) is 0 Å². The number of fused-ring (bicyclic) bond motifs is 5. The Morgan fingerprint density at radius 3 is 2.56 bits per heavy atom. The summed E-state index contributed by atoms with van der Waals surface area (Å²) in [6, 6.07) is 0. The summed E-state index contributed by atoms with van der Waals surface area (Å²) in [7, 11) is 0. The lowest BCUT2D eigenvalue weighted by molar-refractivity contribution is -0.157. The summed E-state index contributed by atoms with van der Waals surface area (Å²) in [5.41, 5.74) is -0.00956. The van der Waals surface area contributed by atoms with Crippen molar-refractivity contribution in [2.75, 3.05) is 0 Å². The summed E-state index contributed by atoms with van der Waals surface area (Å²) in [6.45, 7) is 8.54. The zero-order valence-corrected chi connectivity index (χ0v) is 20.4. The second-order valence-electron chi connectivity index (χ2n) is 12.5. The summed E-state index contributed by atoms with van der Waals surface area (Å²) >= 11 is 0. The lowest BCUT2D eigenvalue weighted by atomic mass is 9.46. The van der Waals surface area contributed by atoms with E-state index in [9.17, 15) is 25.2 Å². The Bertz CT molecular complexity index is 759. The van der Waals surface area contributed by atoms with E-state index in [4.69, 9.17) is 0 Å². The molecule has 4 aliphatic carbocycles. The molecule has 0 aliphatic heterocycles. The van der Waals surface area contributed by atoms with E-state index < -0.39 is 17.7 Å². The van der Waals surface area contributed by atoms with Crippen molar-refractivity contribution < 1.29 is 25.2 Å². The number of hydrogen-bond donors (Lipinski definition) is 4. The Morgan fingerprint density at radius 1 is 1.16 bits per heavy atom. The van der Waals surface area contributed by atoms with E-state index in [1.165, 1.54) is 31.8 Å². The zero-order chi connectivity index (χ0) is 23.5. The highest BCUT2D eigenvalue weighted by Crippen LogP contribution is 2.67. The molecule has 0 saturated heterocycles. The van der Waals surface area contributed by atoms with Crippen molar-refractivity contribution in [3.8, 4) is 0 Å². The molecule has 3 saturated carbocycles. The first kappa shape index (κ1) is 24.2. The van der Waals surface area contributed by atoms with Gasteiger partial charge in [0.2, 0.25) is 0 Å². The molecule has 4 rings (SSSR count). The fourth-order valence-corrected chi connectivity index (χ4v) is 8.68. The van der Waals surface area contributed by atoms with E-state index in [1.54, 1.807) is 0 Å². The van der Waals surface area contributed by atoms with Crippen LogP contribution < -0.4 is 0 Å². The maximum absolute atomic E-state index is 11.3. The molecule has 4 N–H and O–H groups in total. The van der Waals surface area contributed by atoms with Gasteiger partial charge in [-0.1, -0.05) is 38.8 Å². The van der Waals surface area contributed by atoms with Gasteiger partial charge in [0.15, 0.2) is 5.60 Å². The van der Waals surface area contributed by atoms with Crippen LogP contribution in [0.1, 0.15) is 91.9 Å². The van der Waals surface area contributed by atoms with E-state index in [0.717, 1.165) is 38.5 Å². The van der Waals surface area contributed by atoms with Crippen LogP contribution in [-0.4, -0.2) is 44.2 Å². The van der Waals surface area contributed by atoms with Gasteiger partial charge in [-0.3, -0.25) is 0 Å². The molecule has 182 valence electrons. The lowest BCUT2D eigenvalue weighted by Gasteiger charge is -2.59. The molecule has 0 aromatic carbocycles. The van der Waals surface area contributed by atoms with E-state index in [-0.39, 0.29) is 16.9 Å². The number of carbonyl (C=O) groups is 1. The fraction of sp³-hybridized carbons (Fsp3) is 0.889. The third-order valence-electron chi connectivity index (χ3n) is 10.6. The molecule has 5 nitrogen and oxygen atoms in total. The first-order valence-electron chi connectivity index (χ1n) is 12.9. The van der Waals surface area contributed by atoms with Crippen LogP contribution in [0, 0.1) is 40.4 Å². The molecule has 8 unspecified atom stereocenters. The molecule has 0 spiro atoms. The molecule has 32 heavy (non-hydrogen) atoms. The van der Waals surface area contributed by atoms with Gasteiger partial charge in [-0.15, -0.1) is 0 Å². The highest BCUT2D eigenvalue weighted by molar-refractivity contribution is 5.76. The van der Waals surface area contributed by atoms with Crippen LogP contribution in [-0.2, 0) is 4.79 Å². The third-order valence-corrected chi connectivity index (χ3v) is 10.6. The Hall–Kier alpha value is -0.910. The first-order valence-corrected chi connectivity index (χ1v) is 12.9. The maximum Gasteiger partial charge on any atom is 0.335 e. The highest BCUT2D eigenvalue weighted by Gasteiger charge is 2.61. The summed E-state index contributed by atoms with van der Waals surface area (Å²) in [5, 5.41) is 40.7. The number of rotatable bonds is 6. The largest absolute Gasteiger partial charge is 0.479 e. The Balaban J connectivity index is 1.48. The van der Waals surface area contributed by atoms with Crippen molar-refractivity contribution in [2.24, 2.45) is 40.4 Å². The van der Waals surface area contributed by atoms with E-state index >= 15 is 0 Å². The van der Waals surface area contributed by atoms with Crippen molar-refractivity contribution >= 4 is 5.97 Å². The monoisotopic (exact) mass is 448 g/mol. The standard InChI is InChI=1S/C27H44O5/c1-16(6-5-11-27(4,32)24(30)31)19-7-8-20-23-21(10-13-26(19,20)3)25(2)12-9-18(28)14-17(25)15-22(23)29/h15-16,18-23,28-29,32H,5-14H2,1-4H3,(H,30,31)/t16?,18-,19?,20?,21?,22?,23?,25?,26?,27-/m0/s1. The van der Waals surface area contributed by atoms with Crippen molar-refractivity contribution in [1.82, 2.24) is 0 Å².